The molecular formula is C33H29BrS. The summed E-state index contributed by atoms with van der Waals surface area (Å²) in [4.78, 5) is 0. The van der Waals surface area contributed by atoms with Crippen LogP contribution >= 0.6 is 27.3 Å². The molecule has 1 heterocycles. The Morgan fingerprint density at radius 2 is 1.06 bits per heavy atom. The normalized spacial score (nSPS) is 10.3. The van der Waals surface area contributed by atoms with E-state index in [1.54, 1.807) is 0 Å². The average Bonchev–Trinajstić information content (AvgIpc) is 3.25. The van der Waals surface area contributed by atoms with Crippen molar-refractivity contribution >= 4 is 47.4 Å². The Bertz CT molecular complexity index is 1500. The van der Waals surface area contributed by atoms with Crippen LogP contribution in [0, 0.1) is 20.8 Å². The second kappa shape index (κ2) is 12.0. The molecule has 0 aliphatic carbocycles. The number of fused-ring (bicyclic) bond motifs is 3. The van der Waals surface area contributed by atoms with Gasteiger partial charge in [-0.1, -0.05) is 130 Å². The number of hydrogen-bond acceptors (Lipinski definition) is 1. The van der Waals surface area contributed by atoms with Gasteiger partial charge in [0.15, 0.2) is 0 Å². The zero-order valence-electron chi connectivity index (χ0n) is 20.3. The molecule has 0 fully saturated rings. The highest BCUT2D eigenvalue weighted by molar-refractivity contribution is 9.10. The smallest absolute Gasteiger partial charge is 0.0385 e. The molecule has 2 heteroatoms. The molecule has 0 aliphatic rings. The van der Waals surface area contributed by atoms with Crippen molar-refractivity contribution in [3.63, 3.8) is 0 Å². The van der Waals surface area contributed by atoms with Gasteiger partial charge in [0, 0.05) is 24.6 Å². The van der Waals surface area contributed by atoms with Crippen LogP contribution in [0.4, 0.5) is 0 Å². The van der Waals surface area contributed by atoms with E-state index in [-0.39, 0.29) is 0 Å². The van der Waals surface area contributed by atoms with Gasteiger partial charge in [0.1, 0.15) is 0 Å². The highest BCUT2D eigenvalue weighted by Crippen LogP contribution is 2.37. The van der Waals surface area contributed by atoms with Gasteiger partial charge >= 0.3 is 0 Å². The van der Waals surface area contributed by atoms with Crippen LogP contribution in [0.25, 0.3) is 31.3 Å². The third-order valence-corrected chi connectivity index (χ3v) is 7.51. The molecule has 35 heavy (non-hydrogen) atoms. The summed E-state index contributed by atoms with van der Waals surface area (Å²) in [5.41, 5.74) is 6.54. The number of aryl methyl sites for hydroxylation is 3. The average molecular weight is 538 g/mol. The second-order valence-electron chi connectivity index (χ2n) is 8.58. The van der Waals surface area contributed by atoms with Gasteiger partial charge in [0.25, 0.3) is 0 Å². The molecule has 0 spiro atoms. The molecule has 6 aromatic rings. The molecule has 0 saturated carbocycles. The number of hydrogen-bond donors (Lipinski definition) is 0. The zero-order chi connectivity index (χ0) is 24.6. The summed E-state index contributed by atoms with van der Waals surface area (Å²) in [7, 11) is 0. The molecule has 0 N–H and O–H groups in total. The lowest BCUT2D eigenvalue weighted by molar-refractivity contribution is 1.47. The zero-order valence-corrected chi connectivity index (χ0v) is 22.7. The summed E-state index contributed by atoms with van der Waals surface area (Å²) < 4.78 is 3.93. The van der Waals surface area contributed by atoms with E-state index in [1.807, 2.05) is 35.6 Å². The number of rotatable bonds is 1. The topological polar surface area (TPSA) is 0 Å². The lowest BCUT2D eigenvalue weighted by atomic mass is 10.0. The van der Waals surface area contributed by atoms with Crippen LogP contribution in [0.3, 0.4) is 0 Å². The summed E-state index contributed by atoms with van der Waals surface area (Å²) in [5, 5.41) is 2.73. The molecule has 0 saturated heterocycles. The lowest BCUT2D eigenvalue weighted by Gasteiger charge is -2.00. The number of benzene rings is 5. The van der Waals surface area contributed by atoms with E-state index in [9.17, 15) is 0 Å². The van der Waals surface area contributed by atoms with Crippen LogP contribution in [0.2, 0.25) is 0 Å². The van der Waals surface area contributed by atoms with Gasteiger partial charge in [0.05, 0.1) is 0 Å². The minimum absolute atomic E-state index is 1.16. The summed E-state index contributed by atoms with van der Waals surface area (Å²) in [6, 6.07) is 42.3. The predicted molar refractivity (Wildman–Crippen MR) is 160 cm³/mol. The third-order valence-electron chi connectivity index (χ3n) is 5.73. The van der Waals surface area contributed by atoms with Crippen molar-refractivity contribution in [1.29, 1.82) is 0 Å². The lowest BCUT2D eigenvalue weighted by Crippen LogP contribution is -1.76. The Morgan fingerprint density at radius 1 is 0.514 bits per heavy atom. The van der Waals surface area contributed by atoms with Gasteiger partial charge in [-0.25, -0.2) is 0 Å². The first-order chi connectivity index (χ1) is 17.0. The third kappa shape index (κ3) is 6.69. The molecule has 0 atom stereocenters. The van der Waals surface area contributed by atoms with Gasteiger partial charge in [-0.05, 0) is 55.7 Å². The molecule has 0 unspecified atom stereocenters. The van der Waals surface area contributed by atoms with Crippen LogP contribution in [-0.4, -0.2) is 0 Å². The monoisotopic (exact) mass is 536 g/mol. The maximum Gasteiger partial charge on any atom is 0.0385 e. The summed E-state index contributed by atoms with van der Waals surface area (Å²) >= 11 is 5.43. The fourth-order valence-electron chi connectivity index (χ4n) is 3.86. The van der Waals surface area contributed by atoms with Crippen molar-refractivity contribution in [3.05, 3.63) is 142 Å². The number of thiophene rings is 1. The molecule has 0 amide bonds. The van der Waals surface area contributed by atoms with Crippen LogP contribution in [-0.2, 0) is 0 Å². The molecular weight excluding hydrogens is 508 g/mol. The molecule has 6 rings (SSSR count). The van der Waals surface area contributed by atoms with Gasteiger partial charge in [-0.2, -0.15) is 0 Å². The van der Waals surface area contributed by atoms with Crippen molar-refractivity contribution in [1.82, 2.24) is 0 Å². The van der Waals surface area contributed by atoms with E-state index in [0.717, 1.165) is 4.47 Å². The Morgan fingerprint density at radius 3 is 1.69 bits per heavy atom. The van der Waals surface area contributed by atoms with Crippen LogP contribution in [0.15, 0.2) is 126 Å². The quantitative estimate of drug-likeness (QED) is 0.196. The van der Waals surface area contributed by atoms with E-state index in [4.69, 9.17) is 0 Å². The second-order valence-corrected chi connectivity index (χ2v) is 10.6. The minimum Gasteiger partial charge on any atom is -0.135 e. The molecule has 0 radical (unpaired) electrons. The van der Waals surface area contributed by atoms with E-state index in [2.05, 4.69) is 134 Å². The van der Waals surface area contributed by atoms with Gasteiger partial charge < -0.3 is 0 Å². The predicted octanol–water partition coefficient (Wildman–Crippen LogP) is 10.8. The molecule has 5 aromatic carbocycles. The van der Waals surface area contributed by atoms with E-state index in [0.29, 0.717) is 0 Å². The highest BCUT2D eigenvalue weighted by atomic mass is 79.9. The summed E-state index contributed by atoms with van der Waals surface area (Å²) in [6.45, 7) is 6.36. The highest BCUT2D eigenvalue weighted by Gasteiger charge is 2.07. The van der Waals surface area contributed by atoms with Gasteiger partial charge in [-0.15, -0.1) is 11.3 Å². The first-order valence-corrected chi connectivity index (χ1v) is 13.3. The Kier molecular flexibility index (Phi) is 8.52. The van der Waals surface area contributed by atoms with E-state index >= 15 is 0 Å². The van der Waals surface area contributed by atoms with Crippen molar-refractivity contribution < 1.29 is 0 Å². The van der Waals surface area contributed by atoms with E-state index < -0.39 is 0 Å². The molecule has 174 valence electrons. The SMILES string of the molecule is Cc1cc(Br)cc2c1sc1ccccc12.Cc1ccc(-c2ccccc2)cc1.Cc1ccccc1. The maximum atomic E-state index is 3.56. The van der Waals surface area contributed by atoms with Gasteiger partial charge in [-0.3, -0.25) is 0 Å². The standard InChI is InChI=1S/C13H9BrS.C13H12.C7H8/c1-8-6-9(14)7-11-10-4-2-3-5-12(10)15-13(8)11;1-11-7-9-13(10-8-11)12-5-3-2-4-6-12;1-7-5-3-2-4-6-7/h2-7H,1H3;2-10H,1H3;2-6H,1H3. The van der Waals surface area contributed by atoms with Crippen molar-refractivity contribution in [3.8, 4) is 11.1 Å². The van der Waals surface area contributed by atoms with Crippen molar-refractivity contribution in [2.45, 2.75) is 20.8 Å². The molecule has 0 nitrogen and oxygen atoms in total. The maximum absolute atomic E-state index is 3.56. The first kappa shape index (κ1) is 24.9. The Balaban J connectivity index is 0.000000132. The fourth-order valence-corrected chi connectivity index (χ4v) is 5.59. The van der Waals surface area contributed by atoms with Crippen LogP contribution < -0.4 is 0 Å². The van der Waals surface area contributed by atoms with Crippen LogP contribution in [0.1, 0.15) is 16.7 Å². The molecule has 0 bridgehead atoms. The summed E-state index contributed by atoms with van der Waals surface area (Å²) in [5.74, 6) is 0. The van der Waals surface area contributed by atoms with Crippen molar-refractivity contribution in [2.75, 3.05) is 0 Å². The largest absolute Gasteiger partial charge is 0.135 e. The minimum atomic E-state index is 1.16. The fraction of sp³-hybridized carbons (Fsp3) is 0.0909. The van der Waals surface area contributed by atoms with Gasteiger partial charge in [0.2, 0.25) is 0 Å². The summed E-state index contributed by atoms with van der Waals surface area (Å²) in [6.07, 6.45) is 0. The number of halogens is 1. The van der Waals surface area contributed by atoms with Crippen LogP contribution in [0.5, 0.6) is 0 Å². The first-order valence-electron chi connectivity index (χ1n) is 11.7. The molecule has 0 aliphatic heterocycles. The Hall–Kier alpha value is -3.20. The Labute approximate surface area is 221 Å². The van der Waals surface area contributed by atoms with E-state index in [1.165, 1.54) is 48.0 Å². The molecule has 1 aromatic heterocycles. The van der Waals surface area contributed by atoms with Crippen molar-refractivity contribution in [2.24, 2.45) is 0 Å².